The first-order chi connectivity index (χ1) is 18.3. The van der Waals surface area contributed by atoms with Gasteiger partial charge in [-0.1, -0.05) is 39.0 Å². The van der Waals surface area contributed by atoms with Crippen LogP contribution in [0.5, 0.6) is 5.75 Å². The second-order valence-electron chi connectivity index (χ2n) is 10.6. The first-order valence-electron chi connectivity index (χ1n) is 12.5. The third kappa shape index (κ3) is 6.94. The molecule has 0 atom stereocenters. The van der Waals surface area contributed by atoms with Gasteiger partial charge in [-0.15, -0.1) is 0 Å². The normalized spacial score (nSPS) is 13.1. The van der Waals surface area contributed by atoms with Crippen LogP contribution in [-0.4, -0.2) is 31.7 Å². The molecule has 0 fully saturated rings. The van der Waals surface area contributed by atoms with Crippen molar-refractivity contribution in [2.24, 2.45) is 0 Å². The summed E-state index contributed by atoms with van der Waals surface area (Å²) >= 11 is 0. The maximum Gasteiger partial charge on any atom is 0.322 e. The van der Waals surface area contributed by atoms with Gasteiger partial charge in [0.15, 0.2) is 5.82 Å². The zero-order valence-electron chi connectivity index (χ0n) is 22.4. The molecule has 3 aromatic carbocycles. The van der Waals surface area contributed by atoms with E-state index in [2.05, 4.69) is 30.8 Å². The van der Waals surface area contributed by atoms with Crippen LogP contribution < -0.4 is 14.8 Å². The molecule has 2 amide bonds. The van der Waals surface area contributed by atoms with Gasteiger partial charge in [-0.3, -0.25) is 9.52 Å². The summed E-state index contributed by atoms with van der Waals surface area (Å²) in [7, 11) is -4.10. The van der Waals surface area contributed by atoms with Gasteiger partial charge in [0.05, 0.1) is 17.2 Å². The lowest BCUT2D eigenvalue weighted by Crippen LogP contribution is -2.30. The molecule has 10 heteroatoms. The van der Waals surface area contributed by atoms with Gasteiger partial charge in [-0.2, -0.15) is 0 Å². The van der Waals surface area contributed by atoms with Gasteiger partial charge in [-0.25, -0.2) is 17.6 Å². The summed E-state index contributed by atoms with van der Waals surface area (Å²) in [6.07, 6.45) is 0.192. The van der Waals surface area contributed by atoms with Crippen molar-refractivity contribution in [2.45, 2.75) is 57.5 Å². The Bertz CT molecular complexity index is 1500. The highest BCUT2D eigenvalue weighted by Crippen LogP contribution is 2.29. The average Bonchev–Trinajstić information content (AvgIpc) is 3.29. The zero-order valence-corrected chi connectivity index (χ0v) is 23.2. The number of urea groups is 1. The van der Waals surface area contributed by atoms with Crippen LogP contribution >= 0.6 is 0 Å². The van der Waals surface area contributed by atoms with E-state index in [1.165, 1.54) is 31.2 Å². The number of hydrogen-bond acceptors (Lipinski definition) is 5. The molecule has 0 aromatic heterocycles. The van der Waals surface area contributed by atoms with Crippen LogP contribution in [-0.2, 0) is 33.3 Å². The second-order valence-corrected chi connectivity index (χ2v) is 12.3. The highest BCUT2D eigenvalue weighted by atomic mass is 32.2. The largest absolute Gasteiger partial charge is 0.493 e. The van der Waals surface area contributed by atoms with E-state index in [0.29, 0.717) is 17.8 Å². The first-order valence-corrected chi connectivity index (χ1v) is 14.0. The predicted molar refractivity (Wildman–Crippen MR) is 148 cm³/mol. The number of benzene rings is 3. The van der Waals surface area contributed by atoms with Gasteiger partial charge in [0.25, 0.3) is 10.0 Å². The molecule has 0 spiro atoms. The number of rotatable bonds is 8. The topological polar surface area (TPSA) is 105 Å². The number of carbonyl (C=O) groups excluding carboxylic acids is 2. The van der Waals surface area contributed by atoms with Crippen LogP contribution in [0.2, 0.25) is 0 Å². The van der Waals surface area contributed by atoms with E-state index < -0.39 is 15.8 Å². The summed E-state index contributed by atoms with van der Waals surface area (Å²) in [5.74, 6) is -0.667. The van der Waals surface area contributed by atoms with Crippen LogP contribution in [0.1, 0.15) is 50.8 Å². The molecule has 206 valence electrons. The molecular weight excluding hydrogens is 521 g/mol. The Morgan fingerprint density at radius 2 is 1.67 bits per heavy atom. The number of carbonyl (C=O) groups is 2. The van der Waals surface area contributed by atoms with Crippen LogP contribution in [0.15, 0.2) is 65.6 Å². The SMILES string of the molecule is CC(=O)CCOc1ccc(NS(=O)(=O)c2ccc3c(c2)CN(C(=O)Nc2ccc(C(C)(C)C)cc2)C3)c(F)c1. The van der Waals surface area contributed by atoms with Crippen LogP contribution in [0.4, 0.5) is 20.6 Å². The summed E-state index contributed by atoms with van der Waals surface area (Å²) in [5.41, 5.74) is 3.15. The van der Waals surface area contributed by atoms with E-state index >= 15 is 0 Å². The van der Waals surface area contributed by atoms with Crippen LogP contribution in [0.25, 0.3) is 0 Å². The monoisotopic (exact) mass is 553 g/mol. The molecule has 39 heavy (non-hydrogen) atoms. The second kappa shape index (κ2) is 11.1. The highest BCUT2D eigenvalue weighted by Gasteiger charge is 2.26. The lowest BCUT2D eigenvalue weighted by atomic mass is 9.87. The molecule has 0 aliphatic carbocycles. The molecular formula is C29H32FN3O5S. The summed E-state index contributed by atoms with van der Waals surface area (Å²) in [5, 5.41) is 2.89. The minimum Gasteiger partial charge on any atom is -0.493 e. The molecule has 0 bridgehead atoms. The summed E-state index contributed by atoms with van der Waals surface area (Å²) < 4.78 is 48.2. The number of nitrogens with one attached hydrogen (secondary N) is 2. The minimum atomic E-state index is -4.10. The summed E-state index contributed by atoms with van der Waals surface area (Å²) in [6.45, 7) is 8.47. The van der Waals surface area contributed by atoms with Gasteiger partial charge < -0.3 is 15.0 Å². The number of amides is 2. The fourth-order valence-corrected chi connectivity index (χ4v) is 5.24. The molecule has 1 heterocycles. The Hall–Kier alpha value is -3.92. The Labute approximate surface area is 228 Å². The quantitative estimate of drug-likeness (QED) is 0.365. The number of Topliss-reactive ketones (excluding diaryl/α,β-unsaturated/α-hetero) is 1. The lowest BCUT2D eigenvalue weighted by molar-refractivity contribution is -0.117. The van der Waals surface area contributed by atoms with Crippen molar-refractivity contribution >= 4 is 33.2 Å². The number of fused-ring (bicyclic) bond motifs is 1. The Morgan fingerprint density at radius 1 is 0.974 bits per heavy atom. The molecule has 0 unspecified atom stereocenters. The molecule has 1 aliphatic heterocycles. The summed E-state index contributed by atoms with van der Waals surface area (Å²) in [4.78, 5) is 25.4. The number of hydrogen-bond donors (Lipinski definition) is 2. The van der Waals surface area contributed by atoms with E-state index in [4.69, 9.17) is 4.74 Å². The fraction of sp³-hybridized carbons (Fsp3) is 0.310. The van der Waals surface area contributed by atoms with E-state index in [1.807, 2.05) is 24.3 Å². The lowest BCUT2D eigenvalue weighted by Gasteiger charge is -2.20. The van der Waals surface area contributed by atoms with Crippen molar-refractivity contribution in [3.8, 4) is 5.75 Å². The van der Waals surface area contributed by atoms with Crippen molar-refractivity contribution in [1.29, 1.82) is 0 Å². The standard InChI is InChI=1S/C29H32FN3O5S/c1-19(34)13-14-38-24-10-12-27(26(30)16-24)32-39(36,37)25-11-5-20-17-33(18-21(20)15-25)28(35)31-23-8-6-22(7-9-23)29(2,3)4/h5-12,15-16,32H,13-14,17-18H2,1-4H3,(H,31,35). The van der Waals surface area contributed by atoms with Crippen LogP contribution in [0, 0.1) is 5.82 Å². The number of halogens is 1. The molecule has 0 saturated heterocycles. The van der Waals surface area contributed by atoms with Gasteiger partial charge in [0.2, 0.25) is 0 Å². The number of sulfonamides is 1. The maximum atomic E-state index is 14.6. The number of nitrogens with zero attached hydrogens (tertiary/aromatic N) is 1. The number of ether oxygens (including phenoxy) is 1. The fourth-order valence-electron chi connectivity index (χ4n) is 4.12. The molecule has 8 nitrogen and oxygen atoms in total. The first kappa shape index (κ1) is 28.1. The Morgan fingerprint density at radius 3 is 2.31 bits per heavy atom. The Kier molecular flexibility index (Phi) is 7.96. The molecule has 2 N–H and O–H groups in total. The van der Waals surface area contributed by atoms with Crippen molar-refractivity contribution < 1.29 is 27.1 Å². The summed E-state index contributed by atoms with van der Waals surface area (Å²) in [6, 6.07) is 15.8. The van der Waals surface area contributed by atoms with Gasteiger partial charge in [-0.05, 0) is 65.4 Å². The van der Waals surface area contributed by atoms with E-state index in [-0.39, 0.29) is 53.1 Å². The third-order valence-corrected chi connectivity index (χ3v) is 7.77. The maximum absolute atomic E-state index is 14.6. The van der Waals surface area contributed by atoms with Crippen molar-refractivity contribution in [2.75, 3.05) is 16.6 Å². The van der Waals surface area contributed by atoms with E-state index in [9.17, 15) is 22.4 Å². The third-order valence-electron chi connectivity index (χ3n) is 6.41. The van der Waals surface area contributed by atoms with Gasteiger partial charge >= 0.3 is 6.03 Å². The molecule has 1 aliphatic rings. The highest BCUT2D eigenvalue weighted by molar-refractivity contribution is 7.92. The Balaban J connectivity index is 1.40. The van der Waals surface area contributed by atoms with Gasteiger partial charge in [0, 0.05) is 31.3 Å². The molecule has 3 aromatic rings. The number of ketones is 1. The van der Waals surface area contributed by atoms with Crippen molar-refractivity contribution in [3.05, 3.63) is 83.2 Å². The molecule has 0 saturated carbocycles. The smallest absolute Gasteiger partial charge is 0.322 e. The molecule has 0 radical (unpaired) electrons. The van der Waals surface area contributed by atoms with E-state index in [0.717, 1.165) is 17.2 Å². The molecule has 4 rings (SSSR count). The zero-order chi connectivity index (χ0) is 28.4. The van der Waals surface area contributed by atoms with Crippen LogP contribution in [0.3, 0.4) is 0 Å². The van der Waals surface area contributed by atoms with Gasteiger partial charge in [0.1, 0.15) is 11.5 Å². The van der Waals surface area contributed by atoms with Crippen molar-refractivity contribution in [1.82, 2.24) is 4.90 Å². The van der Waals surface area contributed by atoms with E-state index in [1.54, 1.807) is 11.0 Å². The average molecular weight is 554 g/mol. The number of anilines is 2. The predicted octanol–water partition coefficient (Wildman–Crippen LogP) is 5.83. The van der Waals surface area contributed by atoms with Crippen molar-refractivity contribution in [3.63, 3.8) is 0 Å². The minimum absolute atomic E-state index is 0.00656.